The monoisotopic (exact) mass is 476 g/mol. The fraction of sp³-hybridized carbons (Fsp3) is 0.360. The molecule has 0 aliphatic carbocycles. The second kappa shape index (κ2) is 8.81. The van der Waals surface area contributed by atoms with Gasteiger partial charge in [0.05, 0.1) is 33.4 Å². The van der Waals surface area contributed by atoms with Crippen molar-refractivity contribution in [1.82, 2.24) is 24.8 Å². The number of hydrogen-bond donors (Lipinski definition) is 1. The molecule has 4 aromatic rings. The molecule has 1 aromatic carbocycles. The molecule has 3 aromatic heterocycles. The Kier molecular flexibility index (Phi) is 5.83. The molecule has 1 aliphatic heterocycles. The van der Waals surface area contributed by atoms with Crippen molar-refractivity contribution in [3.8, 4) is 21.7 Å². The van der Waals surface area contributed by atoms with E-state index in [1.54, 1.807) is 22.6 Å². The number of fused-ring (bicyclic) bond motifs is 1. The van der Waals surface area contributed by atoms with E-state index < -0.39 is 5.41 Å². The van der Waals surface area contributed by atoms with Gasteiger partial charge in [-0.25, -0.2) is 14.8 Å². The normalized spacial score (nSPS) is 15.6. The predicted octanol–water partition coefficient (Wildman–Crippen LogP) is 4.95. The van der Waals surface area contributed by atoms with E-state index in [-0.39, 0.29) is 12.0 Å². The van der Waals surface area contributed by atoms with Crippen LogP contribution in [0.15, 0.2) is 48.9 Å². The zero-order chi connectivity index (χ0) is 23.9. The van der Waals surface area contributed by atoms with Crippen molar-refractivity contribution in [3.05, 3.63) is 48.9 Å². The van der Waals surface area contributed by atoms with Gasteiger partial charge in [0.2, 0.25) is 0 Å². The van der Waals surface area contributed by atoms with E-state index in [0.717, 1.165) is 44.8 Å². The third-order valence-electron chi connectivity index (χ3n) is 6.00. The summed E-state index contributed by atoms with van der Waals surface area (Å²) in [4.78, 5) is 26.9. The van der Waals surface area contributed by atoms with Crippen molar-refractivity contribution in [2.75, 3.05) is 18.8 Å². The summed E-state index contributed by atoms with van der Waals surface area (Å²) < 4.78 is 3.13. The number of rotatable bonds is 4. The number of aromatic nitrogens is 4. The quantitative estimate of drug-likeness (QED) is 0.445. The van der Waals surface area contributed by atoms with E-state index in [2.05, 4.69) is 22.3 Å². The fourth-order valence-electron chi connectivity index (χ4n) is 3.93. The SMILES string of the molecule is CC(C)(C)C(=O)ON1CCC(n2cc(-c3cnc(N)c(-c4nc5ccccc5s4)c3)cn2)CC1. The first-order valence-electron chi connectivity index (χ1n) is 11.4. The van der Waals surface area contributed by atoms with E-state index in [0.29, 0.717) is 18.9 Å². The van der Waals surface area contributed by atoms with Crippen molar-refractivity contribution in [1.29, 1.82) is 0 Å². The molecule has 176 valence electrons. The smallest absolute Gasteiger partial charge is 0.330 e. The molecular formula is C25H28N6O2S. The minimum Gasteiger partial charge on any atom is -0.383 e. The highest BCUT2D eigenvalue weighted by atomic mass is 32.1. The molecule has 0 atom stereocenters. The first-order chi connectivity index (χ1) is 16.3. The lowest BCUT2D eigenvalue weighted by molar-refractivity contribution is -0.205. The Morgan fingerprint density at radius 3 is 2.65 bits per heavy atom. The second-order valence-electron chi connectivity index (χ2n) is 9.64. The lowest BCUT2D eigenvalue weighted by Gasteiger charge is -2.32. The topological polar surface area (TPSA) is 99.2 Å². The molecule has 8 nitrogen and oxygen atoms in total. The average Bonchev–Trinajstić information content (AvgIpc) is 3.47. The van der Waals surface area contributed by atoms with Gasteiger partial charge >= 0.3 is 5.97 Å². The van der Waals surface area contributed by atoms with Crippen LogP contribution in [0.5, 0.6) is 0 Å². The van der Waals surface area contributed by atoms with Gasteiger partial charge in [-0.05, 0) is 51.8 Å². The zero-order valence-corrected chi connectivity index (χ0v) is 20.4. The summed E-state index contributed by atoms with van der Waals surface area (Å²) in [6, 6.07) is 10.3. The number of hydroxylamine groups is 2. The number of benzene rings is 1. The molecule has 34 heavy (non-hydrogen) atoms. The highest BCUT2D eigenvalue weighted by Crippen LogP contribution is 2.35. The fourth-order valence-corrected chi connectivity index (χ4v) is 4.92. The number of hydrogen-bond acceptors (Lipinski definition) is 8. The predicted molar refractivity (Wildman–Crippen MR) is 134 cm³/mol. The Hall–Kier alpha value is -3.30. The number of piperidine rings is 1. The van der Waals surface area contributed by atoms with Crippen molar-refractivity contribution in [3.63, 3.8) is 0 Å². The van der Waals surface area contributed by atoms with Crippen LogP contribution in [0.3, 0.4) is 0 Å². The molecule has 0 saturated carbocycles. The average molecular weight is 477 g/mol. The van der Waals surface area contributed by atoms with Gasteiger partial charge in [-0.15, -0.1) is 16.4 Å². The summed E-state index contributed by atoms with van der Waals surface area (Å²) in [5.41, 5.74) is 9.43. The maximum absolute atomic E-state index is 12.1. The van der Waals surface area contributed by atoms with Crippen LogP contribution in [0.2, 0.25) is 0 Å². The molecule has 0 bridgehead atoms. The molecule has 1 aliphatic rings. The summed E-state index contributed by atoms with van der Waals surface area (Å²) in [6.45, 7) is 6.96. The van der Waals surface area contributed by atoms with E-state index in [1.165, 1.54) is 0 Å². The minimum atomic E-state index is -0.509. The maximum atomic E-state index is 12.1. The Labute approximate surface area is 202 Å². The maximum Gasteiger partial charge on any atom is 0.330 e. The van der Waals surface area contributed by atoms with Gasteiger partial charge in [0, 0.05) is 36.6 Å². The number of pyridine rings is 1. The Bertz CT molecular complexity index is 1300. The molecular weight excluding hydrogens is 448 g/mol. The number of para-hydroxylation sites is 1. The molecule has 0 radical (unpaired) electrons. The lowest BCUT2D eigenvalue weighted by Crippen LogP contribution is -2.39. The van der Waals surface area contributed by atoms with Gasteiger partial charge in [-0.3, -0.25) is 4.68 Å². The van der Waals surface area contributed by atoms with Crippen LogP contribution >= 0.6 is 11.3 Å². The molecule has 0 amide bonds. The number of thiazole rings is 1. The van der Waals surface area contributed by atoms with E-state index in [9.17, 15) is 4.79 Å². The van der Waals surface area contributed by atoms with Crippen LogP contribution < -0.4 is 5.73 Å². The molecule has 1 saturated heterocycles. The number of carbonyl (C=O) groups is 1. The Balaban J connectivity index is 1.31. The molecule has 0 spiro atoms. The third kappa shape index (κ3) is 4.53. The first-order valence-corrected chi connectivity index (χ1v) is 12.2. The number of nitrogens with zero attached hydrogens (tertiary/aromatic N) is 5. The van der Waals surface area contributed by atoms with E-state index >= 15 is 0 Å². The highest BCUT2D eigenvalue weighted by Gasteiger charge is 2.29. The molecule has 1 fully saturated rings. The van der Waals surface area contributed by atoms with Crippen LogP contribution in [-0.2, 0) is 9.63 Å². The van der Waals surface area contributed by atoms with Crippen LogP contribution in [0, 0.1) is 5.41 Å². The van der Waals surface area contributed by atoms with Crippen molar-refractivity contribution in [2.45, 2.75) is 39.7 Å². The van der Waals surface area contributed by atoms with Gasteiger partial charge in [-0.1, -0.05) is 12.1 Å². The minimum absolute atomic E-state index is 0.202. The van der Waals surface area contributed by atoms with Crippen molar-refractivity contribution >= 4 is 33.3 Å². The number of anilines is 1. The summed E-state index contributed by atoms with van der Waals surface area (Å²) in [5, 5.41) is 7.24. The molecule has 2 N–H and O–H groups in total. The van der Waals surface area contributed by atoms with Gasteiger partial charge < -0.3 is 10.6 Å². The molecule has 4 heterocycles. The third-order valence-corrected chi connectivity index (χ3v) is 7.07. The molecule has 5 rings (SSSR count). The van der Waals surface area contributed by atoms with Crippen LogP contribution in [0.1, 0.15) is 39.7 Å². The summed E-state index contributed by atoms with van der Waals surface area (Å²) >= 11 is 1.61. The lowest BCUT2D eigenvalue weighted by atomic mass is 9.98. The zero-order valence-electron chi connectivity index (χ0n) is 19.6. The van der Waals surface area contributed by atoms with Gasteiger partial charge in [-0.2, -0.15) is 5.10 Å². The highest BCUT2D eigenvalue weighted by molar-refractivity contribution is 7.21. The number of carbonyl (C=O) groups excluding carboxylic acids is 1. The first kappa shape index (κ1) is 22.5. The molecule has 9 heteroatoms. The van der Waals surface area contributed by atoms with E-state index in [1.807, 2.05) is 55.9 Å². The second-order valence-corrected chi connectivity index (χ2v) is 10.7. The van der Waals surface area contributed by atoms with Crippen LogP contribution in [-0.4, -0.2) is 43.9 Å². The van der Waals surface area contributed by atoms with Crippen molar-refractivity contribution < 1.29 is 9.63 Å². The Morgan fingerprint density at radius 1 is 1.15 bits per heavy atom. The van der Waals surface area contributed by atoms with Crippen LogP contribution in [0.4, 0.5) is 5.82 Å². The number of nitrogen functional groups attached to an aromatic ring is 1. The van der Waals surface area contributed by atoms with E-state index in [4.69, 9.17) is 15.6 Å². The molecule has 0 unspecified atom stereocenters. The summed E-state index contributed by atoms with van der Waals surface area (Å²) in [6.07, 6.45) is 7.41. The summed E-state index contributed by atoms with van der Waals surface area (Å²) in [7, 11) is 0. The standard InChI is InChI=1S/C25H28N6O2S/c1-25(2,3)24(32)33-30-10-8-18(9-11-30)31-15-17(14-28-31)16-12-19(22(26)27-13-16)23-29-20-6-4-5-7-21(20)34-23/h4-7,12-15,18H,8-11H2,1-3H3,(H2,26,27). The number of nitrogens with two attached hydrogens (primary N) is 1. The Morgan fingerprint density at radius 2 is 1.91 bits per heavy atom. The van der Waals surface area contributed by atoms with Crippen LogP contribution in [0.25, 0.3) is 31.9 Å². The van der Waals surface area contributed by atoms with Crippen molar-refractivity contribution in [2.24, 2.45) is 5.41 Å². The van der Waals surface area contributed by atoms with Gasteiger partial charge in [0.1, 0.15) is 10.8 Å². The van der Waals surface area contributed by atoms with Gasteiger partial charge in [0.15, 0.2) is 0 Å². The largest absolute Gasteiger partial charge is 0.383 e. The van der Waals surface area contributed by atoms with Gasteiger partial charge in [0.25, 0.3) is 0 Å². The summed E-state index contributed by atoms with van der Waals surface area (Å²) in [5.74, 6) is 0.263.